The predicted molar refractivity (Wildman–Crippen MR) is 81.7 cm³/mol. The molecule has 0 aliphatic carbocycles. The Bertz CT molecular complexity index is 693. The van der Waals surface area contributed by atoms with Gasteiger partial charge in [0.1, 0.15) is 12.7 Å². The van der Waals surface area contributed by atoms with Gasteiger partial charge >= 0.3 is 12.1 Å². The van der Waals surface area contributed by atoms with E-state index in [1.54, 1.807) is 0 Å². The fourth-order valence-corrected chi connectivity index (χ4v) is 1.80. The summed E-state index contributed by atoms with van der Waals surface area (Å²) in [6.45, 7) is 7.41. The van der Waals surface area contributed by atoms with E-state index in [2.05, 4.69) is 30.9 Å². The lowest BCUT2D eigenvalue weighted by Gasteiger charge is -2.10. The Hall–Kier alpha value is -2.71. The molecule has 0 aromatic carbocycles. The number of carbonyl (C=O) groups excluding carboxylic acids is 2. The van der Waals surface area contributed by atoms with Crippen LogP contribution in [0.1, 0.15) is 27.7 Å². The van der Waals surface area contributed by atoms with Crippen LogP contribution in [0.25, 0.3) is 11.2 Å². The lowest BCUT2D eigenvalue weighted by Crippen LogP contribution is -2.34. The zero-order valence-corrected chi connectivity index (χ0v) is 12.9. The second kappa shape index (κ2) is 6.37. The molecule has 2 aromatic heterocycles. The summed E-state index contributed by atoms with van der Waals surface area (Å²) in [4.78, 5) is 36.0. The van der Waals surface area contributed by atoms with Crippen LogP contribution in [0, 0.1) is 0 Å². The molecule has 0 bridgehead atoms. The summed E-state index contributed by atoms with van der Waals surface area (Å²) in [5, 5.41) is 8.04. The smallest absolute Gasteiger partial charge is 0.328 e. The van der Waals surface area contributed by atoms with Gasteiger partial charge in [0.25, 0.3) is 0 Å². The van der Waals surface area contributed by atoms with Crippen LogP contribution in [-0.2, 0) is 0 Å². The molecule has 2 aromatic rings. The van der Waals surface area contributed by atoms with Crippen molar-refractivity contribution in [1.82, 2.24) is 30.2 Å². The molecule has 9 nitrogen and oxygen atoms in total. The first-order valence-electron chi connectivity index (χ1n) is 6.95. The molecule has 0 spiro atoms. The number of aromatic nitrogens is 4. The lowest BCUT2D eigenvalue weighted by atomic mass is 10.4. The Labute approximate surface area is 127 Å². The number of nitrogens with zero attached hydrogens (tertiary/aromatic N) is 4. The monoisotopic (exact) mass is 305 g/mol. The van der Waals surface area contributed by atoms with Gasteiger partial charge in [-0.05, 0) is 27.7 Å². The summed E-state index contributed by atoms with van der Waals surface area (Å²) in [7, 11) is 0. The van der Waals surface area contributed by atoms with E-state index in [-0.39, 0.29) is 23.9 Å². The first-order chi connectivity index (χ1) is 10.4. The van der Waals surface area contributed by atoms with Crippen molar-refractivity contribution in [2.45, 2.75) is 39.8 Å². The maximum Gasteiger partial charge on any atom is 0.328 e. The van der Waals surface area contributed by atoms with E-state index < -0.39 is 6.03 Å². The summed E-state index contributed by atoms with van der Waals surface area (Å²) >= 11 is 0. The van der Waals surface area contributed by atoms with Gasteiger partial charge in [0.15, 0.2) is 17.0 Å². The van der Waals surface area contributed by atoms with Crippen molar-refractivity contribution >= 4 is 29.0 Å². The third-order valence-electron chi connectivity index (χ3n) is 2.62. The van der Waals surface area contributed by atoms with E-state index in [0.717, 1.165) is 0 Å². The van der Waals surface area contributed by atoms with Gasteiger partial charge in [-0.25, -0.2) is 29.1 Å². The quantitative estimate of drug-likeness (QED) is 0.791. The van der Waals surface area contributed by atoms with Crippen molar-refractivity contribution in [2.24, 2.45) is 0 Å². The standard InChI is InChI=1S/C13H19N7O2/c1-7(2)17-12(21)19-10-9-11(15-5-14-10)20(6-16-9)13(22)18-8(3)4/h5-8H,1-4H3,(H,18,22)(H2,14,15,17,19,21). The summed E-state index contributed by atoms with van der Waals surface area (Å²) in [6, 6.07) is -0.752. The zero-order valence-electron chi connectivity index (χ0n) is 12.9. The van der Waals surface area contributed by atoms with Gasteiger partial charge in [0.2, 0.25) is 0 Å². The molecule has 0 saturated heterocycles. The van der Waals surface area contributed by atoms with Crippen LogP contribution in [0.2, 0.25) is 0 Å². The number of hydrogen-bond donors (Lipinski definition) is 3. The molecular formula is C13H19N7O2. The SMILES string of the molecule is CC(C)NC(=O)Nc1ncnc2c1ncn2C(=O)NC(C)C. The second-order valence-corrected chi connectivity index (χ2v) is 5.37. The molecule has 2 heterocycles. The average molecular weight is 305 g/mol. The highest BCUT2D eigenvalue weighted by atomic mass is 16.2. The van der Waals surface area contributed by atoms with Gasteiger partial charge < -0.3 is 10.6 Å². The zero-order chi connectivity index (χ0) is 16.3. The van der Waals surface area contributed by atoms with Crippen LogP contribution in [0.3, 0.4) is 0 Å². The van der Waals surface area contributed by atoms with Gasteiger partial charge in [-0.2, -0.15) is 0 Å². The Morgan fingerprint density at radius 1 is 1.05 bits per heavy atom. The number of nitrogens with one attached hydrogen (secondary N) is 3. The number of fused-ring (bicyclic) bond motifs is 1. The van der Waals surface area contributed by atoms with Crippen LogP contribution < -0.4 is 16.0 Å². The van der Waals surface area contributed by atoms with Crippen LogP contribution in [0.4, 0.5) is 15.4 Å². The van der Waals surface area contributed by atoms with Gasteiger partial charge in [-0.3, -0.25) is 5.32 Å². The molecule has 3 N–H and O–H groups in total. The number of imidazole rings is 1. The predicted octanol–water partition coefficient (Wildman–Crippen LogP) is 1.32. The third-order valence-corrected chi connectivity index (χ3v) is 2.62. The summed E-state index contributed by atoms with van der Waals surface area (Å²) in [5.41, 5.74) is 0.674. The highest BCUT2D eigenvalue weighted by Gasteiger charge is 2.16. The normalized spacial score (nSPS) is 11.0. The van der Waals surface area contributed by atoms with Gasteiger partial charge in [0.05, 0.1) is 0 Å². The molecule has 0 atom stereocenters. The fraction of sp³-hybridized carbons (Fsp3) is 0.462. The molecule has 0 radical (unpaired) electrons. The minimum Gasteiger partial charge on any atom is -0.336 e. The third kappa shape index (κ3) is 3.48. The van der Waals surface area contributed by atoms with E-state index in [1.165, 1.54) is 17.2 Å². The first kappa shape index (κ1) is 15.7. The minimum absolute atomic E-state index is 0.00768. The van der Waals surface area contributed by atoms with Crippen molar-refractivity contribution in [2.75, 3.05) is 5.32 Å². The van der Waals surface area contributed by atoms with Gasteiger partial charge in [0, 0.05) is 12.1 Å². The Kier molecular flexibility index (Phi) is 4.54. The van der Waals surface area contributed by atoms with Gasteiger partial charge in [-0.15, -0.1) is 0 Å². The van der Waals surface area contributed by atoms with Crippen molar-refractivity contribution in [1.29, 1.82) is 0 Å². The molecule has 118 valence electrons. The Morgan fingerprint density at radius 2 is 1.73 bits per heavy atom. The molecule has 22 heavy (non-hydrogen) atoms. The number of amides is 3. The Morgan fingerprint density at radius 3 is 2.36 bits per heavy atom. The largest absolute Gasteiger partial charge is 0.336 e. The van der Waals surface area contributed by atoms with Crippen LogP contribution in [-0.4, -0.2) is 43.7 Å². The topological polar surface area (TPSA) is 114 Å². The highest BCUT2D eigenvalue weighted by Crippen LogP contribution is 2.17. The minimum atomic E-state index is -0.392. The van der Waals surface area contributed by atoms with Crippen molar-refractivity contribution in [3.05, 3.63) is 12.7 Å². The molecule has 0 aliphatic rings. The van der Waals surface area contributed by atoms with Crippen LogP contribution in [0.5, 0.6) is 0 Å². The molecular weight excluding hydrogens is 286 g/mol. The lowest BCUT2D eigenvalue weighted by molar-refractivity contribution is 0.240. The molecule has 3 amide bonds. The molecule has 9 heteroatoms. The summed E-state index contributed by atoms with van der Waals surface area (Å²) in [5.74, 6) is 0.249. The van der Waals surface area contributed by atoms with E-state index >= 15 is 0 Å². The maximum absolute atomic E-state index is 12.1. The van der Waals surface area contributed by atoms with Crippen molar-refractivity contribution < 1.29 is 9.59 Å². The van der Waals surface area contributed by atoms with E-state index in [1.807, 2.05) is 27.7 Å². The molecule has 0 saturated carbocycles. The maximum atomic E-state index is 12.1. The van der Waals surface area contributed by atoms with E-state index in [0.29, 0.717) is 11.2 Å². The number of urea groups is 1. The molecule has 0 unspecified atom stereocenters. The van der Waals surface area contributed by atoms with Gasteiger partial charge in [-0.1, -0.05) is 0 Å². The van der Waals surface area contributed by atoms with E-state index in [9.17, 15) is 9.59 Å². The Balaban J connectivity index is 2.29. The molecule has 0 aliphatic heterocycles. The highest BCUT2D eigenvalue weighted by molar-refractivity contribution is 5.98. The first-order valence-corrected chi connectivity index (χ1v) is 6.95. The van der Waals surface area contributed by atoms with E-state index in [4.69, 9.17) is 0 Å². The van der Waals surface area contributed by atoms with Crippen molar-refractivity contribution in [3.63, 3.8) is 0 Å². The molecule has 0 fully saturated rings. The number of hydrogen-bond acceptors (Lipinski definition) is 5. The fourth-order valence-electron chi connectivity index (χ4n) is 1.80. The average Bonchev–Trinajstić information content (AvgIpc) is 2.81. The van der Waals surface area contributed by atoms with Crippen LogP contribution in [0.15, 0.2) is 12.7 Å². The molecule has 2 rings (SSSR count). The number of rotatable bonds is 3. The number of carbonyl (C=O) groups is 2. The van der Waals surface area contributed by atoms with Crippen molar-refractivity contribution in [3.8, 4) is 0 Å². The summed E-state index contributed by atoms with van der Waals surface area (Å²) < 4.78 is 1.28. The summed E-state index contributed by atoms with van der Waals surface area (Å²) in [6.07, 6.45) is 2.62. The number of anilines is 1. The van der Waals surface area contributed by atoms with Crippen LogP contribution >= 0.6 is 0 Å². The second-order valence-electron chi connectivity index (χ2n) is 5.37.